The molecule has 0 radical (unpaired) electrons. The standard InChI is InChI=1S/C20H21FN4O2/c1-20(2,19(22)27)24(3)18(26)17-15-6-4-5-7-16(15)25(23-17)12-13-8-10-14(21)11-9-13/h4-11H,12H2,1-3H3,(H2,22,27). The molecule has 0 fully saturated rings. The van der Waals surface area contributed by atoms with Crippen LogP contribution in [0.25, 0.3) is 10.9 Å². The van der Waals surface area contributed by atoms with Crippen LogP contribution < -0.4 is 5.73 Å². The van der Waals surface area contributed by atoms with Gasteiger partial charge in [-0.1, -0.05) is 30.3 Å². The summed E-state index contributed by atoms with van der Waals surface area (Å²) in [6.45, 7) is 3.56. The third-order valence-corrected chi connectivity index (χ3v) is 4.85. The second-order valence-electron chi connectivity index (χ2n) is 6.94. The van der Waals surface area contributed by atoms with Gasteiger partial charge >= 0.3 is 0 Å². The normalized spacial score (nSPS) is 11.6. The summed E-state index contributed by atoms with van der Waals surface area (Å²) in [6, 6.07) is 13.5. The van der Waals surface area contributed by atoms with Crippen molar-refractivity contribution in [2.75, 3.05) is 7.05 Å². The molecule has 1 heterocycles. The number of nitrogens with zero attached hydrogens (tertiary/aromatic N) is 3. The third kappa shape index (κ3) is 3.40. The Hall–Kier alpha value is -3.22. The van der Waals surface area contributed by atoms with Crippen LogP contribution in [0.3, 0.4) is 0 Å². The predicted molar refractivity (Wildman–Crippen MR) is 101 cm³/mol. The van der Waals surface area contributed by atoms with E-state index >= 15 is 0 Å². The number of likely N-dealkylation sites (N-methyl/N-ethyl adjacent to an activating group) is 1. The van der Waals surface area contributed by atoms with E-state index in [0.717, 1.165) is 11.1 Å². The summed E-state index contributed by atoms with van der Waals surface area (Å²) in [6.07, 6.45) is 0. The SMILES string of the molecule is CN(C(=O)c1nn(Cc2ccc(F)cc2)c2ccccc12)C(C)(C)C(N)=O. The number of para-hydroxylation sites is 1. The van der Waals surface area contributed by atoms with E-state index in [-0.39, 0.29) is 11.5 Å². The number of benzene rings is 2. The van der Waals surface area contributed by atoms with Gasteiger partial charge in [-0.3, -0.25) is 14.3 Å². The van der Waals surface area contributed by atoms with Gasteiger partial charge in [-0.15, -0.1) is 0 Å². The Kier molecular flexibility index (Phi) is 4.70. The Balaban J connectivity index is 2.03. The zero-order valence-corrected chi connectivity index (χ0v) is 15.4. The second-order valence-corrected chi connectivity index (χ2v) is 6.94. The molecular formula is C20H21FN4O2. The molecule has 6 nitrogen and oxygen atoms in total. The number of carbonyl (C=O) groups excluding carboxylic acids is 2. The summed E-state index contributed by atoms with van der Waals surface area (Å²) >= 11 is 0. The van der Waals surface area contributed by atoms with Crippen molar-refractivity contribution < 1.29 is 14.0 Å². The van der Waals surface area contributed by atoms with Crippen molar-refractivity contribution in [2.45, 2.75) is 25.9 Å². The number of nitrogens with two attached hydrogens (primary N) is 1. The number of fused-ring (bicyclic) bond motifs is 1. The number of halogens is 1. The first-order valence-electron chi connectivity index (χ1n) is 8.50. The maximum absolute atomic E-state index is 13.1. The fourth-order valence-corrected chi connectivity index (χ4v) is 2.75. The molecule has 1 aromatic heterocycles. The van der Waals surface area contributed by atoms with Crippen LogP contribution >= 0.6 is 0 Å². The zero-order chi connectivity index (χ0) is 19.8. The highest BCUT2D eigenvalue weighted by molar-refractivity contribution is 6.06. The third-order valence-electron chi connectivity index (χ3n) is 4.85. The van der Waals surface area contributed by atoms with Gasteiger partial charge in [0.1, 0.15) is 11.4 Å². The van der Waals surface area contributed by atoms with Gasteiger partial charge in [-0.2, -0.15) is 5.10 Å². The lowest BCUT2D eigenvalue weighted by atomic mass is 10.0. The van der Waals surface area contributed by atoms with E-state index in [2.05, 4.69) is 5.10 Å². The summed E-state index contributed by atoms with van der Waals surface area (Å²) in [5.41, 5.74) is 6.15. The smallest absolute Gasteiger partial charge is 0.275 e. The molecule has 0 saturated heterocycles. The molecule has 0 spiro atoms. The number of aromatic nitrogens is 2. The molecule has 0 aliphatic heterocycles. The Labute approximate surface area is 156 Å². The van der Waals surface area contributed by atoms with Crippen molar-refractivity contribution in [1.29, 1.82) is 0 Å². The quantitative estimate of drug-likeness (QED) is 0.751. The minimum atomic E-state index is -1.15. The summed E-state index contributed by atoms with van der Waals surface area (Å²) in [5.74, 6) is -1.31. The van der Waals surface area contributed by atoms with Gasteiger partial charge in [0.2, 0.25) is 5.91 Å². The van der Waals surface area contributed by atoms with Gasteiger partial charge in [0.25, 0.3) is 5.91 Å². The minimum absolute atomic E-state index is 0.240. The number of hydrogen-bond donors (Lipinski definition) is 1. The Morgan fingerprint density at radius 1 is 1.15 bits per heavy atom. The Morgan fingerprint density at radius 3 is 2.41 bits per heavy atom. The molecule has 0 bridgehead atoms. The molecule has 0 unspecified atom stereocenters. The maximum Gasteiger partial charge on any atom is 0.275 e. The van der Waals surface area contributed by atoms with Gasteiger partial charge in [0.15, 0.2) is 5.69 Å². The highest BCUT2D eigenvalue weighted by Crippen LogP contribution is 2.23. The highest BCUT2D eigenvalue weighted by atomic mass is 19.1. The number of amides is 2. The molecule has 3 aromatic rings. The number of hydrogen-bond acceptors (Lipinski definition) is 3. The first kappa shape index (κ1) is 18.6. The molecule has 7 heteroatoms. The molecular weight excluding hydrogens is 347 g/mol. The van der Waals surface area contributed by atoms with Gasteiger partial charge in [0, 0.05) is 12.4 Å². The minimum Gasteiger partial charge on any atom is -0.368 e. The van der Waals surface area contributed by atoms with E-state index < -0.39 is 17.4 Å². The first-order valence-corrected chi connectivity index (χ1v) is 8.50. The van der Waals surface area contributed by atoms with Crippen LogP contribution in [0.1, 0.15) is 29.9 Å². The van der Waals surface area contributed by atoms with Crippen molar-refractivity contribution in [3.05, 3.63) is 65.6 Å². The van der Waals surface area contributed by atoms with Gasteiger partial charge in [-0.25, -0.2) is 4.39 Å². The fourth-order valence-electron chi connectivity index (χ4n) is 2.75. The molecule has 0 aliphatic carbocycles. The molecule has 27 heavy (non-hydrogen) atoms. The average Bonchev–Trinajstić information content (AvgIpc) is 3.01. The summed E-state index contributed by atoms with van der Waals surface area (Å²) in [7, 11) is 1.53. The van der Waals surface area contributed by atoms with Crippen LogP contribution in [-0.4, -0.2) is 39.1 Å². The zero-order valence-electron chi connectivity index (χ0n) is 15.4. The van der Waals surface area contributed by atoms with Crippen LogP contribution in [0.5, 0.6) is 0 Å². The van der Waals surface area contributed by atoms with E-state index in [0.29, 0.717) is 11.9 Å². The molecule has 140 valence electrons. The van der Waals surface area contributed by atoms with E-state index in [4.69, 9.17) is 5.73 Å². The van der Waals surface area contributed by atoms with Crippen molar-refractivity contribution in [2.24, 2.45) is 5.73 Å². The summed E-state index contributed by atoms with van der Waals surface area (Å²) < 4.78 is 14.8. The Bertz CT molecular complexity index is 1010. The van der Waals surface area contributed by atoms with Crippen molar-refractivity contribution >= 4 is 22.7 Å². The van der Waals surface area contributed by atoms with Gasteiger partial charge in [0.05, 0.1) is 12.1 Å². The van der Waals surface area contributed by atoms with Gasteiger partial charge < -0.3 is 10.6 Å². The van der Waals surface area contributed by atoms with Crippen molar-refractivity contribution in [3.8, 4) is 0 Å². The van der Waals surface area contributed by atoms with Crippen LogP contribution in [0, 0.1) is 5.82 Å². The van der Waals surface area contributed by atoms with Crippen LogP contribution in [-0.2, 0) is 11.3 Å². The van der Waals surface area contributed by atoms with E-state index in [1.54, 1.807) is 30.7 Å². The molecule has 2 amide bonds. The molecule has 0 atom stereocenters. The van der Waals surface area contributed by atoms with Gasteiger partial charge in [-0.05, 0) is 37.6 Å². The summed E-state index contributed by atoms with van der Waals surface area (Å²) in [4.78, 5) is 26.0. The van der Waals surface area contributed by atoms with Crippen molar-refractivity contribution in [3.63, 3.8) is 0 Å². The fraction of sp³-hybridized carbons (Fsp3) is 0.250. The van der Waals surface area contributed by atoms with E-state index in [9.17, 15) is 14.0 Å². The second kappa shape index (κ2) is 6.83. The number of primary amides is 1. The molecule has 0 saturated carbocycles. The monoisotopic (exact) mass is 368 g/mol. The molecule has 2 N–H and O–H groups in total. The number of carbonyl (C=O) groups is 2. The van der Waals surface area contributed by atoms with Crippen LogP contribution in [0.2, 0.25) is 0 Å². The van der Waals surface area contributed by atoms with Crippen LogP contribution in [0.15, 0.2) is 48.5 Å². The van der Waals surface area contributed by atoms with E-state index in [1.165, 1.54) is 24.1 Å². The number of rotatable bonds is 5. The highest BCUT2D eigenvalue weighted by Gasteiger charge is 2.35. The lowest BCUT2D eigenvalue weighted by Crippen LogP contribution is -2.53. The van der Waals surface area contributed by atoms with Crippen LogP contribution in [0.4, 0.5) is 4.39 Å². The first-order chi connectivity index (χ1) is 12.7. The predicted octanol–water partition coefficient (Wildman–Crippen LogP) is 2.56. The lowest BCUT2D eigenvalue weighted by molar-refractivity contribution is -0.126. The lowest BCUT2D eigenvalue weighted by Gasteiger charge is -2.32. The largest absolute Gasteiger partial charge is 0.368 e. The maximum atomic E-state index is 13.1. The summed E-state index contributed by atoms with van der Waals surface area (Å²) in [5, 5.41) is 5.16. The molecule has 0 aliphatic rings. The molecule has 3 rings (SSSR count). The topological polar surface area (TPSA) is 81.2 Å². The average molecular weight is 368 g/mol. The molecule has 2 aromatic carbocycles. The van der Waals surface area contributed by atoms with Crippen molar-refractivity contribution in [1.82, 2.24) is 14.7 Å². The van der Waals surface area contributed by atoms with E-state index in [1.807, 2.05) is 24.3 Å². The Morgan fingerprint density at radius 2 is 1.78 bits per heavy atom.